The molecule has 4 aromatic carbocycles. The Bertz CT molecular complexity index is 2750. The molecule has 0 aliphatic rings. The van der Waals surface area contributed by atoms with Crippen LogP contribution in [0.15, 0.2) is 122 Å². The van der Waals surface area contributed by atoms with Crippen molar-refractivity contribution in [2.75, 3.05) is 23.8 Å². The summed E-state index contributed by atoms with van der Waals surface area (Å²) in [6.45, 7) is 15.8. The van der Waals surface area contributed by atoms with Crippen molar-refractivity contribution in [3.8, 4) is 11.5 Å². The number of aryl methyl sites for hydroxylation is 4. The third kappa shape index (κ3) is 31.1. The van der Waals surface area contributed by atoms with Crippen LogP contribution in [-0.2, 0) is 35.5 Å². The molecule has 460 valence electrons. The lowest BCUT2D eigenvalue weighted by molar-refractivity contribution is -0.689. The number of unbranched alkanes of at least 4 members (excludes halogenated alkanes) is 22. The number of nitrogens with zero attached hydrogens (tertiary/aromatic N) is 2. The zero-order valence-electron chi connectivity index (χ0n) is 51.8. The Hall–Kier alpha value is -4.74. The van der Waals surface area contributed by atoms with Crippen LogP contribution in [0.1, 0.15) is 212 Å². The highest BCUT2D eigenvalue weighted by Gasteiger charge is 2.15. The van der Waals surface area contributed by atoms with Crippen LogP contribution in [0.5, 0.6) is 11.5 Å². The summed E-state index contributed by atoms with van der Waals surface area (Å²) in [5.41, 5.74) is 10.3. The van der Waals surface area contributed by atoms with Crippen molar-refractivity contribution in [3.05, 3.63) is 176 Å². The Kier molecular flexibility index (Phi) is 38.3. The van der Waals surface area contributed by atoms with Gasteiger partial charge in [0.25, 0.3) is 0 Å². The van der Waals surface area contributed by atoms with Crippen LogP contribution in [0.3, 0.4) is 0 Å². The molecule has 0 bridgehead atoms. The van der Waals surface area contributed by atoms with Gasteiger partial charge in [0, 0.05) is 49.1 Å². The number of pyridine rings is 2. The second kappa shape index (κ2) is 43.8. The van der Waals surface area contributed by atoms with Gasteiger partial charge in [-0.25, -0.2) is 9.13 Å². The quantitative estimate of drug-likeness (QED) is 0.0299. The van der Waals surface area contributed by atoms with E-state index in [9.17, 15) is 9.59 Å². The second-order valence-electron chi connectivity index (χ2n) is 22.9. The van der Waals surface area contributed by atoms with Gasteiger partial charge in [-0.3, -0.25) is 9.59 Å². The molecule has 0 radical (unpaired) electrons. The van der Waals surface area contributed by atoms with Gasteiger partial charge in [-0.1, -0.05) is 221 Å². The van der Waals surface area contributed by atoms with Crippen LogP contribution < -0.4 is 63.2 Å². The molecule has 6 aromatic rings. The summed E-state index contributed by atoms with van der Waals surface area (Å²) in [6.07, 6.45) is 40.8. The average Bonchev–Trinajstić information content (AvgIpc) is 3.65. The smallest absolute Gasteiger partial charge is 0.228 e. The predicted octanol–water partition coefficient (Wildman–Crippen LogP) is 13.1. The van der Waals surface area contributed by atoms with Gasteiger partial charge >= 0.3 is 0 Å². The number of halogens is 4. The number of anilines is 2. The Labute approximate surface area is 538 Å². The van der Waals surface area contributed by atoms with Crippen LogP contribution in [0.2, 0.25) is 10.0 Å². The maximum atomic E-state index is 12.9. The van der Waals surface area contributed by atoms with E-state index in [0.29, 0.717) is 29.8 Å². The number of hydrogen-bond donors (Lipinski definition) is 2. The lowest BCUT2D eigenvalue weighted by Gasteiger charge is -2.12. The van der Waals surface area contributed by atoms with E-state index in [1.165, 1.54) is 169 Å². The van der Waals surface area contributed by atoms with E-state index in [2.05, 4.69) is 116 Å². The molecular weight excluding hydrogens is 1220 g/mol. The number of carbonyl (C=O) groups is 2. The van der Waals surface area contributed by atoms with Gasteiger partial charge in [-0.2, -0.15) is 0 Å². The molecular formula is C72H100Br2Cl2N4O4. The minimum atomic E-state index is -0.0894. The van der Waals surface area contributed by atoms with Gasteiger partial charge in [-0.05, 0) is 106 Å². The van der Waals surface area contributed by atoms with E-state index in [0.717, 1.165) is 59.0 Å². The average molecular weight is 1320 g/mol. The minimum absolute atomic E-state index is 0. The van der Waals surface area contributed by atoms with E-state index in [-0.39, 0.29) is 58.6 Å². The summed E-state index contributed by atoms with van der Waals surface area (Å²) in [4.78, 5) is 25.6. The summed E-state index contributed by atoms with van der Waals surface area (Å²) < 4.78 is 16.2. The number of nitrogens with one attached hydrogen (secondary N) is 2. The van der Waals surface area contributed by atoms with Gasteiger partial charge < -0.3 is 54.1 Å². The Balaban J connectivity index is 0.000000430. The molecule has 2 N–H and O–H groups in total. The zero-order valence-corrected chi connectivity index (χ0v) is 56.5. The van der Waals surface area contributed by atoms with Crippen LogP contribution in [-0.4, -0.2) is 25.0 Å². The second-order valence-corrected chi connectivity index (χ2v) is 23.7. The molecule has 0 aliphatic carbocycles. The van der Waals surface area contributed by atoms with Gasteiger partial charge in [0.05, 0.1) is 31.7 Å². The van der Waals surface area contributed by atoms with Crippen LogP contribution in [0, 0.1) is 27.7 Å². The molecule has 2 heterocycles. The molecule has 84 heavy (non-hydrogen) atoms. The molecule has 0 fully saturated rings. The highest BCUT2D eigenvalue weighted by Crippen LogP contribution is 2.26. The number of amides is 2. The predicted molar refractivity (Wildman–Crippen MR) is 344 cm³/mol. The fraction of sp³-hybridized carbons (Fsp3) is 0.500. The lowest BCUT2D eigenvalue weighted by Crippen LogP contribution is -3.00. The first-order chi connectivity index (χ1) is 39.9. The van der Waals surface area contributed by atoms with Gasteiger partial charge in [-0.15, -0.1) is 0 Å². The first-order valence-corrected chi connectivity index (χ1v) is 32.2. The molecule has 0 saturated carbocycles. The SMILES string of the molecule is CCCCCCCCCCCCCCOc1ccc(CC(=O)Nc2ccc(C[n+]3cc(C)cc(C)c3)cc2)c(Cl)c1.CCCCCCCCCCCCCCOc1ccc(CC(=O)Nc2ccccc2C[n+]2cc(C)cc(C)c2)c(Cl)c1.[Br-].[Br-]. The summed E-state index contributed by atoms with van der Waals surface area (Å²) in [6, 6.07) is 31.5. The maximum Gasteiger partial charge on any atom is 0.228 e. The fourth-order valence-corrected chi connectivity index (χ4v) is 11.1. The molecule has 0 unspecified atom stereocenters. The molecule has 0 saturated heterocycles. The number of rotatable bonds is 38. The molecule has 8 nitrogen and oxygen atoms in total. The number of para-hydroxylation sites is 1. The number of benzene rings is 4. The van der Waals surface area contributed by atoms with E-state index in [1.807, 2.05) is 66.7 Å². The van der Waals surface area contributed by atoms with Crippen molar-refractivity contribution < 1.29 is 62.2 Å². The summed E-state index contributed by atoms with van der Waals surface area (Å²) in [5, 5.41) is 7.20. The third-order valence-electron chi connectivity index (χ3n) is 14.9. The monoisotopic (exact) mass is 1310 g/mol. The van der Waals surface area contributed by atoms with Crippen LogP contribution in [0.25, 0.3) is 0 Å². The third-order valence-corrected chi connectivity index (χ3v) is 15.6. The molecule has 0 spiro atoms. The maximum absolute atomic E-state index is 12.9. The Morgan fingerprint density at radius 3 is 1.19 bits per heavy atom. The molecule has 6 rings (SSSR count). The highest BCUT2D eigenvalue weighted by molar-refractivity contribution is 6.32. The number of carbonyl (C=O) groups excluding carboxylic acids is 2. The van der Waals surface area contributed by atoms with Crippen molar-refractivity contribution in [1.82, 2.24) is 0 Å². The Morgan fingerprint density at radius 2 is 0.786 bits per heavy atom. The van der Waals surface area contributed by atoms with Crippen molar-refractivity contribution in [2.24, 2.45) is 0 Å². The van der Waals surface area contributed by atoms with Crippen molar-refractivity contribution in [1.29, 1.82) is 0 Å². The number of ether oxygens (including phenoxy) is 2. The fourth-order valence-electron chi connectivity index (χ4n) is 10.6. The topological polar surface area (TPSA) is 84.4 Å². The zero-order chi connectivity index (χ0) is 58.6. The molecule has 2 aromatic heterocycles. The minimum Gasteiger partial charge on any atom is -1.00 e. The van der Waals surface area contributed by atoms with E-state index in [1.54, 1.807) is 0 Å². The standard InChI is InChI=1S/2C36H49ClN2O2.2BrH/c1-4-5-6-7-8-9-10-11-12-13-14-17-22-41-33-21-20-31(34(37)25-33)24-36(40)38-35-19-16-15-18-32(35)28-39-26-29(2)23-30(3)27-39;1-4-5-6-7-8-9-10-11-12-13-14-15-22-41-34-21-18-32(35(37)25-34)24-36(40)38-33-19-16-31(17-20-33)28-39-26-29(2)23-30(3)27-39;;/h15-16,18-21,23,25-27H,4-14,17,22,24,28H2,1-3H3;16-21,23,25-27H,4-15,22,24,28H2,1-3H3;2*1H. The first kappa shape index (κ1) is 73.5. The number of aromatic nitrogens is 2. The summed E-state index contributed by atoms with van der Waals surface area (Å²) in [7, 11) is 0. The largest absolute Gasteiger partial charge is 1.00 e. The first-order valence-electron chi connectivity index (χ1n) is 31.4. The van der Waals surface area contributed by atoms with Gasteiger partial charge in [0.1, 0.15) is 11.5 Å². The molecule has 2 amide bonds. The van der Waals surface area contributed by atoms with Crippen molar-refractivity contribution in [2.45, 2.75) is 222 Å². The van der Waals surface area contributed by atoms with Gasteiger partial charge in [0.15, 0.2) is 37.9 Å². The van der Waals surface area contributed by atoms with E-state index < -0.39 is 0 Å². The van der Waals surface area contributed by atoms with Crippen molar-refractivity contribution in [3.63, 3.8) is 0 Å². The lowest BCUT2D eigenvalue weighted by atomic mass is 10.1. The van der Waals surface area contributed by atoms with Gasteiger partial charge in [0.2, 0.25) is 11.8 Å². The normalized spacial score (nSPS) is 10.8. The highest BCUT2D eigenvalue weighted by atomic mass is 79.9. The summed E-state index contributed by atoms with van der Waals surface area (Å²) >= 11 is 13.0. The molecule has 12 heteroatoms. The van der Waals surface area contributed by atoms with E-state index in [4.69, 9.17) is 32.7 Å². The molecule has 0 atom stereocenters. The Morgan fingerprint density at radius 1 is 0.417 bits per heavy atom. The molecule has 0 aliphatic heterocycles. The van der Waals surface area contributed by atoms with Crippen LogP contribution >= 0.6 is 23.2 Å². The number of hydrogen-bond acceptors (Lipinski definition) is 4. The van der Waals surface area contributed by atoms with E-state index >= 15 is 0 Å². The van der Waals surface area contributed by atoms with Crippen molar-refractivity contribution >= 4 is 46.4 Å². The summed E-state index contributed by atoms with van der Waals surface area (Å²) in [5.74, 6) is 1.35. The van der Waals surface area contributed by atoms with Crippen LogP contribution in [0.4, 0.5) is 11.4 Å².